The van der Waals surface area contributed by atoms with E-state index in [1.807, 2.05) is 6.08 Å². The SMILES string of the molecule is C=CCCc1nc(NCC=C)nc2c(NCC=C)nc(Cl)nc12. The Kier molecular flexibility index (Phi) is 6.05. The van der Waals surface area contributed by atoms with Crippen LogP contribution in [0.2, 0.25) is 5.28 Å². The summed E-state index contributed by atoms with van der Waals surface area (Å²) in [6, 6.07) is 0. The van der Waals surface area contributed by atoms with Gasteiger partial charge in [-0.25, -0.2) is 15.0 Å². The molecule has 0 atom stereocenters. The fraction of sp³-hybridized carbons (Fsp3) is 0.250. The Balaban J connectivity index is 2.58. The third-order valence-corrected chi connectivity index (χ3v) is 3.16. The molecule has 0 aliphatic heterocycles. The van der Waals surface area contributed by atoms with Crippen molar-refractivity contribution in [3.8, 4) is 0 Å². The van der Waals surface area contributed by atoms with Gasteiger partial charge in [-0.1, -0.05) is 18.2 Å². The van der Waals surface area contributed by atoms with Gasteiger partial charge in [-0.15, -0.1) is 19.7 Å². The molecule has 0 unspecified atom stereocenters. The van der Waals surface area contributed by atoms with Crippen molar-refractivity contribution < 1.29 is 0 Å². The molecule has 0 aliphatic rings. The van der Waals surface area contributed by atoms with E-state index in [-0.39, 0.29) is 5.28 Å². The van der Waals surface area contributed by atoms with Crippen LogP contribution in [0, 0.1) is 0 Å². The third kappa shape index (κ3) is 4.26. The molecule has 0 aliphatic carbocycles. The van der Waals surface area contributed by atoms with Crippen LogP contribution in [0.1, 0.15) is 12.1 Å². The van der Waals surface area contributed by atoms with E-state index in [4.69, 9.17) is 11.6 Å². The Morgan fingerprint density at radius 3 is 2.30 bits per heavy atom. The lowest BCUT2D eigenvalue weighted by Crippen LogP contribution is -2.10. The molecule has 2 N–H and O–H groups in total. The molecule has 2 heterocycles. The summed E-state index contributed by atoms with van der Waals surface area (Å²) in [5.41, 5.74) is 2.06. The van der Waals surface area contributed by atoms with Crippen LogP contribution in [0.4, 0.5) is 11.8 Å². The molecular formula is C16H19ClN6. The Morgan fingerprint density at radius 2 is 1.61 bits per heavy atom. The number of hydrogen-bond donors (Lipinski definition) is 2. The lowest BCUT2D eigenvalue weighted by atomic mass is 10.2. The summed E-state index contributed by atoms with van der Waals surface area (Å²) in [5, 5.41) is 6.38. The highest BCUT2D eigenvalue weighted by Gasteiger charge is 2.14. The summed E-state index contributed by atoms with van der Waals surface area (Å²) in [7, 11) is 0. The first kappa shape index (κ1) is 16.9. The van der Waals surface area contributed by atoms with E-state index in [2.05, 4.69) is 50.3 Å². The maximum Gasteiger partial charge on any atom is 0.225 e. The second-order valence-corrected chi connectivity index (χ2v) is 5.04. The highest BCUT2D eigenvalue weighted by atomic mass is 35.5. The van der Waals surface area contributed by atoms with Crippen molar-refractivity contribution >= 4 is 34.4 Å². The zero-order valence-electron chi connectivity index (χ0n) is 12.8. The molecule has 6 nitrogen and oxygen atoms in total. The van der Waals surface area contributed by atoms with Gasteiger partial charge in [-0.2, -0.15) is 4.98 Å². The van der Waals surface area contributed by atoms with E-state index in [1.54, 1.807) is 12.2 Å². The summed E-state index contributed by atoms with van der Waals surface area (Å²) >= 11 is 6.04. The van der Waals surface area contributed by atoms with Gasteiger partial charge in [0.1, 0.15) is 11.0 Å². The highest BCUT2D eigenvalue weighted by Crippen LogP contribution is 2.24. The fourth-order valence-corrected chi connectivity index (χ4v) is 2.16. The van der Waals surface area contributed by atoms with Gasteiger partial charge in [-0.05, 0) is 24.4 Å². The number of aromatic nitrogens is 4. The lowest BCUT2D eigenvalue weighted by molar-refractivity contribution is 0.936. The summed E-state index contributed by atoms with van der Waals surface area (Å²) in [6.45, 7) is 12.2. The molecule has 0 aromatic carbocycles. The second kappa shape index (κ2) is 8.24. The Bertz CT molecular complexity index is 728. The quantitative estimate of drug-likeness (QED) is 0.542. The zero-order chi connectivity index (χ0) is 16.7. The predicted molar refractivity (Wildman–Crippen MR) is 96.0 cm³/mol. The topological polar surface area (TPSA) is 75.6 Å². The number of fused-ring (bicyclic) bond motifs is 1. The molecule has 2 aromatic heterocycles. The zero-order valence-corrected chi connectivity index (χ0v) is 13.6. The molecule has 23 heavy (non-hydrogen) atoms. The lowest BCUT2D eigenvalue weighted by Gasteiger charge is -2.11. The van der Waals surface area contributed by atoms with E-state index in [1.165, 1.54) is 0 Å². The van der Waals surface area contributed by atoms with E-state index in [0.717, 1.165) is 12.1 Å². The van der Waals surface area contributed by atoms with Crippen LogP contribution in [0.5, 0.6) is 0 Å². The highest BCUT2D eigenvalue weighted by molar-refractivity contribution is 6.28. The number of anilines is 2. The number of allylic oxidation sites excluding steroid dienone is 1. The van der Waals surface area contributed by atoms with Crippen LogP contribution < -0.4 is 10.6 Å². The van der Waals surface area contributed by atoms with Crippen molar-refractivity contribution in [2.75, 3.05) is 23.7 Å². The van der Waals surface area contributed by atoms with Crippen molar-refractivity contribution in [1.29, 1.82) is 0 Å². The van der Waals surface area contributed by atoms with Gasteiger partial charge >= 0.3 is 0 Å². The van der Waals surface area contributed by atoms with Gasteiger partial charge in [0, 0.05) is 13.1 Å². The van der Waals surface area contributed by atoms with Crippen molar-refractivity contribution in [2.45, 2.75) is 12.8 Å². The molecule has 2 rings (SSSR count). The Morgan fingerprint density at radius 1 is 0.870 bits per heavy atom. The number of nitrogens with one attached hydrogen (secondary N) is 2. The van der Waals surface area contributed by atoms with Gasteiger partial charge < -0.3 is 10.6 Å². The largest absolute Gasteiger partial charge is 0.365 e. The van der Waals surface area contributed by atoms with Gasteiger partial charge in [0.15, 0.2) is 5.82 Å². The molecule has 0 bridgehead atoms. The number of nitrogens with zero attached hydrogens (tertiary/aromatic N) is 4. The van der Waals surface area contributed by atoms with Crippen LogP contribution >= 0.6 is 11.6 Å². The van der Waals surface area contributed by atoms with Crippen LogP contribution in [0.15, 0.2) is 38.0 Å². The summed E-state index contributed by atoms with van der Waals surface area (Å²) in [6.07, 6.45) is 6.79. The van der Waals surface area contributed by atoms with Gasteiger partial charge in [-0.3, -0.25) is 0 Å². The molecule has 7 heteroatoms. The molecule has 0 amide bonds. The minimum absolute atomic E-state index is 0.152. The maximum absolute atomic E-state index is 6.04. The van der Waals surface area contributed by atoms with Crippen LogP contribution in [0.25, 0.3) is 11.0 Å². The number of aryl methyl sites for hydroxylation is 1. The first-order valence-corrected chi connectivity index (χ1v) is 7.62. The Labute approximate surface area is 140 Å². The molecule has 0 fully saturated rings. The van der Waals surface area contributed by atoms with Crippen molar-refractivity contribution in [2.24, 2.45) is 0 Å². The average molecular weight is 331 g/mol. The van der Waals surface area contributed by atoms with Crippen LogP contribution in [0.3, 0.4) is 0 Å². The standard InChI is InChI=1S/C16H19ClN6/c1-4-7-8-11-12-13(22-16(20-11)19-10-6-3)14(18-9-5-2)23-15(17)21-12/h4-6H,1-3,7-10H2,(H,18,21,23)(H,19,20,22). The monoisotopic (exact) mass is 330 g/mol. The Hall–Kier alpha value is -2.47. The van der Waals surface area contributed by atoms with E-state index >= 15 is 0 Å². The normalized spacial score (nSPS) is 10.3. The van der Waals surface area contributed by atoms with Gasteiger partial charge in [0.25, 0.3) is 0 Å². The van der Waals surface area contributed by atoms with Crippen LogP contribution in [-0.2, 0) is 6.42 Å². The van der Waals surface area contributed by atoms with E-state index < -0.39 is 0 Å². The minimum Gasteiger partial charge on any atom is -0.365 e. The van der Waals surface area contributed by atoms with E-state index in [9.17, 15) is 0 Å². The third-order valence-electron chi connectivity index (χ3n) is 2.99. The number of halogens is 1. The molecule has 0 spiro atoms. The molecule has 2 aromatic rings. The first-order chi connectivity index (χ1) is 11.2. The molecule has 0 radical (unpaired) electrons. The first-order valence-electron chi connectivity index (χ1n) is 7.24. The summed E-state index contributed by atoms with van der Waals surface area (Å²) in [5.74, 6) is 1.06. The molecular weight excluding hydrogens is 312 g/mol. The average Bonchev–Trinajstić information content (AvgIpc) is 2.56. The maximum atomic E-state index is 6.04. The smallest absolute Gasteiger partial charge is 0.225 e. The van der Waals surface area contributed by atoms with Crippen LogP contribution in [-0.4, -0.2) is 33.0 Å². The number of rotatable bonds is 9. The molecule has 0 saturated carbocycles. The van der Waals surface area contributed by atoms with Crippen molar-refractivity contribution in [3.63, 3.8) is 0 Å². The molecule has 0 saturated heterocycles. The van der Waals surface area contributed by atoms with E-state index in [0.29, 0.717) is 42.3 Å². The fourth-order valence-electron chi connectivity index (χ4n) is 1.99. The summed E-state index contributed by atoms with van der Waals surface area (Å²) in [4.78, 5) is 17.5. The van der Waals surface area contributed by atoms with Crippen molar-refractivity contribution in [1.82, 2.24) is 19.9 Å². The number of hydrogen-bond acceptors (Lipinski definition) is 6. The van der Waals surface area contributed by atoms with Gasteiger partial charge in [0.05, 0.1) is 5.69 Å². The summed E-state index contributed by atoms with van der Waals surface area (Å²) < 4.78 is 0. The predicted octanol–water partition coefficient (Wildman–Crippen LogP) is 3.39. The molecule has 120 valence electrons. The minimum atomic E-state index is 0.152. The second-order valence-electron chi connectivity index (χ2n) is 4.70. The van der Waals surface area contributed by atoms with Crippen molar-refractivity contribution in [3.05, 3.63) is 48.9 Å². The van der Waals surface area contributed by atoms with Gasteiger partial charge in [0.2, 0.25) is 11.2 Å².